The number of hydrogen-bond donors (Lipinski definition) is 0. The summed E-state index contributed by atoms with van der Waals surface area (Å²) in [6.45, 7) is 6.18. The summed E-state index contributed by atoms with van der Waals surface area (Å²) in [6.07, 6.45) is 7.39. The second kappa shape index (κ2) is 6.20. The monoisotopic (exact) mass is 282 g/mol. The fraction of sp³-hybridized carbons (Fsp3) is 0.471. The smallest absolute Gasteiger partial charge is 0.132 e. The van der Waals surface area contributed by atoms with Crippen molar-refractivity contribution in [1.82, 2.24) is 15.0 Å². The van der Waals surface area contributed by atoms with Crippen LogP contribution in [0.5, 0.6) is 0 Å². The predicted molar refractivity (Wildman–Crippen MR) is 84.4 cm³/mol. The molecule has 0 radical (unpaired) electrons. The normalized spacial score (nSPS) is 16.2. The van der Waals surface area contributed by atoms with Crippen molar-refractivity contribution in [3.05, 3.63) is 47.7 Å². The van der Waals surface area contributed by atoms with Crippen molar-refractivity contribution in [3.8, 4) is 0 Å². The summed E-state index contributed by atoms with van der Waals surface area (Å²) in [5.41, 5.74) is 2.53. The third-order valence-electron chi connectivity index (χ3n) is 4.19. The molecule has 4 nitrogen and oxygen atoms in total. The van der Waals surface area contributed by atoms with Crippen molar-refractivity contribution >= 4 is 5.82 Å². The first-order valence-electron chi connectivity index (χ1n) is 7.67. The Morgan fingerprint density at radius 2 is 1.86 bits per heavy atom. The maximum Gasteiger partial charge on any atom is 0.132 e. The van der Waals surface area contributed by atoms with Gasteiger partial charge in [0.25, 0.3) is 0 Å². The lowest BCUT2D eigenvalue weighted by atomic mass is 9.90. The summed E-state index contributed by atoms with van der Waals surface area (Å²) in [5, 5.41) is 0. The van der Waals surface area contributed by atoms with Crippen molar-refractivity contribution in [2.24, 2.45) is 5.92 Å². The van der Waals surface area contributed by atoms with Gasteiger partial charge in [0.2, 0.25) is 0 Å². The molecule has 2 aromatic heterocycles. The van der Waals surface area contributed by atoms with Crippen LogP contribution in [0.3, 0.4) is 0 Å². The molecule has 4 heteroatoms. The van der Waals surface area contributed by atoms with Gasteiger partial charge >= 0.3 is 0 Å². The lowest BCUT2D eigenvalue weighted by Crippen LogP contribution is -2.35. The molecule has 1 saturated heterocycles. The Bertz CT molecular complexity index is 603. The van der Waals surface area contributed by atoms with Gasteiger partial charge in [0, 0.05) is 31.2 Å². The van der Waals surface area contributed by atoms with E-state index in [-0.39, 0.29) is 0 Å². The van der Waals surface area contributed by atoms with Crippen LogP contribution in [0.4, 0.5) is 5.82 Å². The summed E-state index contributed by atoms with van der Waals surface area (Å²) >= 11 is 0. The maximum absolute atomic E-state index is 4.52. The van der Waals surface area contributed by atoms with Crippen LogP contribution in [0, 0.1) is 19.8 Å². The van der Waals surface area contributed by atoms with E-state index >= 15 is 0 Å². The number of nitrogens with zero attached hydrogens (tertiary/aromatic N) is 4. The van der Waals surface area contributed by atoms with Gasteiger partial charge in [0.15, 0.2) is 0 Å². The molecule has 1 aliphatic rings. The van der Waals surface area contributed by atoms with Crippen LogP contribution in [0.25, 0.3) is 0 Å². The van der Waals surface area contributed by atoms with Gasteiger partial charge in [0.05, 0.1) is 0 Å². The number of piperidine rings is 1. The van der Waals surface area contributed by atoms with E-state index in [1.165, 1.54) is 24.8 Å². The second-order valence-corrected chi connectivity index (χ2v) is 5.90. The highest BCUT2D eigenvalue weighted by Gasteiger charge is 2.20. The zero-order chi connectivity index (χ0) is 14.7. The summed E-state index contributed by atoms with van der Waals surface area (Å²) in [4.78, 5) is 15.3. The molecule has 0 N–H and O–H groups in total. The molecule has 3 heterocycles. The van der Waals surface area contributed by atoms with Crippen LogP contribution in [-0.2, 0) is 6.42 Å². The van der Waals surface area contributed by atoms with Crippen LogP contribution < -0.4 is 4.90 Å². The molecule has 0 unspecified atom stereocenters. The summed E-state index contributed by atoms with van der Waals surface area (Å²) in [6, 6.07) is 6.37. The second-order valence-electron chi connectivity index (χ2n) is 5.90. The lowest BCUT2D eigenvalue weighted by molar-refractivity contribution is 0.402. The van der Waals surface area contributed by atoms with Gasteiger partial charge in [0.1, 0.15) is 11.6 Å². The minimum absolute atomic E-state index is 0.769. The molecule has 0 aliphatic carbocycles. The van der Waals surface area contributed by atoms with Crippen molar-refractivity contribution in [2.75, 3.05) is 18.0 Å². The quantitative estimate of drug-likeness (QED) is 0.868. The van der Waals surface area contributed by atoms with E-state index < -0.39 is 0 Å². The number of aromatic nitrogens is 3. The molecule has 1 fully saturated rings. The number of pyridine rings is 1. The van der Waals surface area contributed by atoms with Gasteiger partial charge in [-0.2, -0.15) is 0 Å². The van der Waals surface area contributed by atoms with Crippen molar-refractivity contribution in [2.45, 2.75) is 33.1 Å². The molecule has 1 aliphatic heterocycles. The average molecular weight is 282 g/mol. The van der Waals surface area contributed by atoms with Crippen LogP contribution in [0.1, 0.15) is 29.9 Å². The highest BCUT2D eigenvalue weighted by Crippen LogP contribution is 2.24. The van der Waals surface area contributed by atoms with Gasteiger partial charge in [-0.25, -0.2) is 9.97 Å². The Labute approximate surface area is 126 Å². The molecule has 0 bridgehead atoms. The van der Waals surface area contributed by atoms with E-state index in [4.69, 9.17) is 0 Å². The van der Waals surface area contributed by atoms with Crippen LogP contribution in [-0.4, -0.2) is 28.0 Å². The number of hydrogen-bond acceptors (Lipinski definition) is 4. The van der Waals surface area contributed by atoms with Gasteiger partial charge in [-0.05, 0) is 62.8 Å². The van der Waals surface area contributed by atoms with E-state index in [0.717, 1.165) is 36.3 Å². The Balaban J connectivity index is 1.58. The van der Waals surface area contributed by atoms with Crippen LogP contribution in [0.15, 0.2) is 30.6 Å². The van der Waals surface area contributed by atoms with Crippen molar-refractivity contribution in [3.63, 3.8) is 0 Å². The highest BCUT2D eigenvalue weighted by atomic mass is 15.2. The summed E-state index contributed by atoms with van der Waals surface area (Å²) in [7, 11) is 0. The Kier molecular flexibility index (Phi) is 4.13. The summed E-state index contributed by atoms with van der Waals surface area (Å²) < 4.78 is 0. The van der Waals surface area contributed by atoms with Crippen LogP contribution in [0.2, 0.25) is 0 Å². The molecule has 2 aromatic rings. The predicted octanol–water partition coefficient (Wildman–Crippen LogP) is 2.95. The molecule has 0 atom stereocenters. The van der Waals surface area contributed by atoms with Crippen molar-refractivity contribution < 1.29 is 0 Å². The van der Waals surface area contributed by atoms with E-state index in [9.17, 15) is 0 Å². The van der Waals surface area contributed by atoms with Crippen LogP contribution >= 0.6 is 0 Å². The standard InChI is InChI=1S/C17H22N4/c1-13-11-16(3-7-18-13)12-15-5-9-21(10-6-15)17-4-8-19-14(2)20-17/h3-4,7-8,11,15H,5-6,9-10,12H2,1-2H3. The van der Waals surface area contributed by atoms with Gasteiger partial charge in [-0.15, -0.1) is 0 Å². The number of rotatable bonds is 3. The Morgan fingerprint density at radius 3 is 2.57 bits per heavy atom. The molecule has 0 amide bonds. The topological polar surface area (TPSA) is 41.9 Å². The zero-order valence-corrected chi connectivity index (χ0v) is 12.8. The molecule has 0 saturated carbocycles. The fourth-order valence-electron chi connectivity index (χ4n) is 3.05. The third kappa shape index (κ3) is 3.57. The Hall–Kier alpha value is -1.97. The molecule has 21 heavy (non-hydrogen) atoms. The highest BCUT2D eigenvalue weighted by molar-refractivity contribution is 5.37. The number of anilines is 1. The third-order valence-corrected chi connectivity index (χ3v) is 4.19. The number of aryl methyl sites for hydroxylation is 2. The SMILES string of the molecule is Cc1cc(CC2CCN(c3ccnc(C)n3)CC2)ccn1. The molecule has 0 aromatic carbocycles. The van der Waals surface area contributed by atoms with E-state index in [1.54, 1.807) is 0 Å². The maximum atomic E-state index is 4.52. The zero-order valence-electron chi connectivity index (χ0n) is 12.8. The van der Waals surface area contributed by atoms with E-state index in [2.05, 4.69) is 38.9 Å². The first kappa shape index (κ1) is 14.0. The van der Waals surface area contributed by atoms with E-state index in [0.29, 0.717) is 0 Å². The fourth-order valence-corrected chi connectivity index (χ4v) is 3.05. The van der Waals surface area contributed by atoms with Gasteiger partial charge in [-0.3, -0.25) is 4.98 Å². The minimum atomic E-state index is 0.769. The first-order chi connectivity index (χ1) is 10.2. The largest absolute Gasteiger partial charge is 0.356 e. The first-order valence-corrected chi connectivity index (χ1v) is 7.67. The average Bonchev–Trinajstić information content (AvgIpc) is 2.48. The lowest BCUT2D eigenvalue weighted by Gasteiger charge is -2.33. The molecular formula is C17H22N4. The van der Waals surface area contributed by atoms with E-state index in [1.807, 2.05) is 25.4 Å². The molecule has 3 rings (SSSR count). The summed E-state index contributed by atoms with van der Waals surface area (Å²) in [5.74, 6) is 2.69. The molecule has 0 spiro atoms. The molecule has 110 valence electrons. The minimum Gasteiger partial charge on any atom is -0.356 e. The van der Waals surface area contributed by atoms with Gasteiger partial charge < -0.3 is 4.90 Å². The van der Waals surface area contributed by atoms with Gasteiger partial charge in [-0.1, -0.05) is 0 Å². The Morgan fingerprint density at radius 1 is 1.10 bits per heavy atom. The van der Waals surface area contributed by atoms with Crippen molar-refractivity contribution in [1.29, 1.82) is 0 Å². The molecular weight excluding hydrogens is 260 g/mol.